The van der Waals surface area contributed by atoms with E-state index in [9.17, 15) is 24.3 Å². The lowest BCUT2D eigenvalue weighted by Gasteiger charge is -2.26. The van der Waals surface area contributed by atoms with Gasteiger partial charge in [0, 0.05) is 18.3 Å². The number of carboxylic acid groups (broad SMARTS) is 1. The molecular weight excluding hydrogens is 454 g/mol. The van der Waals surface area contributed by atoms with Crippen LogP contribution in [-0.2, 0) is 25.6 Å². The van der Waals surface area contributed by atoms with Crippen LogP contribution in [0.4, 0.5) is 0 Å². The number of aliphatic carboxylic acids is 1. The van der Waals surface area contributed by atoms with E-state index >= 15 is 0 Å². The molecule has 1 aliphatic rings. The van der Waals surface area contributed by atoms with Gasteiger partial charge in [0.15, 0.2) is 0 Å². The van der Waals surface area contributed by atoms with Gasteiger partial charge >= 0.3 is 5.97 Å². The number of aromatic amines is 1. The first-order valence-electron chi connectivity index (χ1n) is 12.3. The molecule has 12 heteroatoms. The molecule has 0 radical (unpaired) electrons. The van der Waals surface area contributed by atoms with E-state index in [-0.39, 0.29) is 24.3 Å². The minimum atomic E-state index is -1.14. The predicted molar refractivity (Wildman–Crippen MR) is 129 cm³/mol. The van der Waals surface area contributed by atoms with Gasteiger partial charge in [-0.15, -0.1) is 0 Å². The molecule has 1 fully saturated rings. The summed E-state index contributed by atoms with van der Waals surface area (Å²) in [6, 6.07) is -3.36. The van der Waals surface area contributed by atoms with Crippen molar-refractivity contribution in [1.29, 1.82) is 0 Å². The number of imidazole rings is 1. The van der Waals surface area contributed by atoms with Gasteiger partial charge < -0.3 is 37.1 Å². The zero-order valence-electron chi connectivity index (χ0n) is 20.5. The highest BCUT2D eigenvalue weighted by Crippen LogP contribution is 2.11. The van der Waals surface area contributed by atoms with E-state index in [2.05, 4.69) is 31.2 Å². The van der Waals surface area contributed by atoms with Crippen LogP contribution in [0.25, 0.3) is 0 Å². The number of hydrogen-bond acceptors (Lipinski definition) is 7. The second-order valence-electron chi connectivity index (χ2n) is 9.05. The largest absolute Gasteiger partial charge is 0.480 e. The van der Waals surface area contributed by atoms with E-state index in [1.165, 1.54) is 12.5 Å². The maximum atomic E-state index is 13.2. The van der Waals surface area contributed by atoms with Gasteiger partial charge in [0.1, 0.15) is 18.1 Å². The molecule has 12 nitrogen and oxygen atoms in total. The Hall–Kier alpha value is -2.99. The molecule has 2 heterocycles. The van der Waals surface area contributed by atoms with E-state index in [1.54, 1.807) is 6.92 Å². The standard InChI is InChI=1S/C23H39N7O5/c1-3-14(2)19(23(34)35)30-22(33)18(11-15-12-25-13-27-15)29-21(32)17(7-4-5-9-24)28-20(31)16-8-6-10-26-16/h12-14,16-19,26H,3-11,24H2,1-2H3,(H,25,27)(H,28,31)(H,29,32)(H,30,33)(H,34,35)/t14-,16-,17-,18-,19-/m0/s1. The van der Waals surface area contributed by atoms with Crippen LogP contribution in [0, 0.1) is 5.92 Å². The van der Waals surface area contributed by atoms with Crippen molar-refractivity contribution in [2.45, 2.75) is 83.0 Å². The number of carbonyl (C=O) groups excluding carboxylic acids is 3. The molecule has 0 bridgehead atoms. The lowest BCUT2D eigenvalue weighted by atomic mass is 9.98. The van der Waals surface area contributed by atoms with Crippen molar-refractivity contribution in [3.63, 3.8) is 0 Å². The number of H-pyrrole nitrogens is 1. The Morgan fingerprint density at radius 2 is 1.91 bits per heavy atom. The van der Waals surface area contributed by atoms with E-state index in [1.807, 2.05) is 6.92 Å². The number of nitrogens with two attached hydrogens (primary N) is 1. The molecule has 0 unspecified atom stereocenters. The number of rotatable bonds is 15. The molecule has 0 aromatic carbocycles. The topological polar surface area (TPSA) is 191 Å². The second-order valence-corrected chi connectivity index (χ2v) is 9.05. The molecule has 1 aromatic rings. The summed E-state index contributed by atoms with van der Waals surface area (Å²) in [6.45, 7) is 4.78. The predicted octanol–water partition coefficient (Wildman–Crippen LogP) is -0.582. The molecule has 1 aliphatic heterocycles. The molecule has 0 saturated carbocycles. The molecule has 5 atom stereocenters. The first kappa shape index (κ1) is 28.2. The van der Waals surface area contributed by atoms with Crippen LogP contribution in [0.5, 0.6) is 0 Å². The van der Waals surface area contributed by atoms with Gasteiger partial charge in [-0.3, -0.25) is 14.4 Å². The third-order valence-electron chi connectivity index (χ3n) is 6.35. The molecular formula is C23H39N7O5. The molecule has 0 spiro atoms. The van der Waals surface area contributed by atoms with Gasteiger partial charge in [0.25, 0.3) is 0 Å². The molecule has 8 N–H and O–H groups in total. The Morgan fingerprint density at radius 1 is 1.17 bits per heavy atom. The van der Waals surface area contributed by atoms with E-state index in [0.29, 0.717) is 44.3 Å². The Kier molecular flexibility index (Phi) is 11.6. The summed E-state index contributed by atoms with van der Waals surface area (Å²) >= 11 is 0. The Bertz CT molecular complexity index is 826. The van der Waals surface area contributed by atoms with Crippen LogP contribution in [0.2, 0.25) is 0 Å². The molecule has 196 valence electrons. The molecule has 1 aromatic heterocycles. The summed E-state index contributed by atoms with van der Waals surface area (Å²) in [5.41, 5.74) is 6.18. The highest BCUT2D eigenvalue weighted by Gasteiger charge is 2.32. The first-order chi connectivity index (χ1) is 16.8. The van der Waals surface area contributed by atoms with Crippen molar-refractivity contribution in [3.05, 3.63) is 18.2 Å². The first-order valence-corrected chi connectivity index (χ1v) is 12.3. The zero-order chi connectivity index (χ0) is 25.8. The number of carboxylic acids is 1. The average Bonchev–Trinajstić information content (AvgIpc) is 3.55. The van der Waals surface area contributed by atoms with Crippen molar-refractivity contribution in [1.82, 2.24) is 31.2 Å². The summed E-state index contributed by atoms with van der Waals surface area (Å²) in [6.07, 6.45) is 6.88. The summed E-state index contributed by atoms with van der Waals surface area (Å²) < 4.78 is 0. The molecule has 2 rings (SSSR count). The number of aromatic nitrogens is 2. The number of hydrogen-bond donors (Lipinski definition) is 7. The van der Waals surface area contributed by atoms with Crippen LogP contribution >= 0.6 is 0 Å². The van der Waals surface area contributed by atoms with Crippen LogP contribution in [0.3, 0.4) is 0 Å². The summed E-state index contributed by atoms with van der Waals surface area (Å²) in [7, 11) is 0. The quantitative estimate of drug-likeness (QED) is 0.158. The maximum Gasteiger partial charge on any atom is 0.326 e. The number of carbonyl (C=O) groups is 4. The average molecular weight is 494 g/mol. The summed E-state index contributed by atoms with van der Waals surface area (Å²) in [5.74, 6) is -2.83. The number of nitrogens with one attached hydrogen (secondary N) is 5. The number of nitrogens with zero attached hydrogens (tertiary/aromatic N) is 1. The number of unbranched alkanes of at least 4 members (excludes halogenated alkanes) is 1. The Morgan fingerprint density at radius 3 is 2.49 bits per heavy atom. The van der Waals surface area contributed by atoms with Crippen molar-refractivity contribution < 1.29 is 24.3 Å². The van der Waals surface area contributed by atoms with Gasteiger partial charge in [0.05, 0.1) is 12.4 Å². The third-order valence-corrected chi connectivity index (χ3v) is 6.35. The van der Waals surface area contributed by atoms with Gasteiger partial charge in [-0.05, 0) is 51.1 Å². The van der Waals surface area contributed by atoms with E-state index in [4.69, 9.17) is 5.73 Å². The number of amides is 3. The van der Waals surface area contributed by atoms with Crippen molar-refractivity contribution in [2.75, 3.05) is 13.1 Å². The van der Waals surface area contributed by atoms with Gasteiger partial charge in [0.2, 0.25) is 17.7 Å². The fourth-order valence-electron chi connectivity index (χ4n) is 3.98. The second kappa shape index (κ2) is 14.4. The van der Waals surface area contributed by atoms with Crippen molar-refractivity contribution in [2.24, 2.45) is 11.7 Å². The lowest BCUT2D eigenvalue weighted by Crippen LogP contribution is -2.58. The summed E-state index contributed by atoms with van der Waals surface area (Å²) in [4.78, 5) is 57.6. The third kappa shape index (κ3) is 8.95. The molecule has 35 heavy (non-hydrogen) atoms. The normalized spacial score (nSPS) is 18.8. The Balaban J connectivity index is 2.16. The van der Waals surface area contributed by atoms with Crippen LogP contribution in [-0.4, -0.2) is 76.0 Å². The maximum absolute atomic E-state index is 13.2. The van der Waals surface area contributed by atoms with Crippen molar-refractivity contribution in [3.8, 4) is 0 Å². The fourth-order valence-corrected chi connectivity index (χ4v) is 3.98. The van der Waals surface area contributed by atoms with Crippen LogP contribution < -0.4 is 27.0 Å². The molecule has 1 saturated heterocycles. The SMILES string of the molecule is CC[C@H](C)[C@H](NC(=O)[C@H](Cc1cnc[nH]1)NC(=O)[C@H](CCCCN)NC(=O)[C@@H]1CCCN1)C(=O)O. The summed E-state index contributed by atoms with van der Waals surface area (Å²) in [5, 5.41) is 20.8. The lowest BCUT2D eigenvalue weighted by molar-refractivity contribution is -0.143. The highest BCUT2D eigenvalue weighted by atomic mass is 16.4. The van der Waals surface area contributed by atoms with Gasteiger partial charge in [-0.2, -0.15) is 0 Å². The van der Waals surface area contributed by atoms with E-state index in [0.717, 1.165) is 13.0 Å². The van der Waals surface area contributed by atoms with E-state index < -0.39 is 35.9 Å². The van der Waals surface area contributed by atoms with Crippen molar-refractivity contribution >= 4 is 23.7 Å². The molecule has 0 aliphatic carbocycles. The monoisotopic (exact) mass is 493 g/mol. The minimum absolute atomic E-state index is 0.0814. The molecule has 3 amide bonds. The van der Waals surface area contributed by atoms with Gasteiger partial charge in [-0.1, -0.05) is 20.3 Å². The van der Waals surface area contributed by atoms with Gasteiger partial charge in [-0.25, -0.2) is 9.78 Å². The Labute approximate surface area is 205 Å². The minimum Gasteiger partial charge on any atom is -0.480 e. The smallest absolute Gasteiger partial charge is 0.326 e. The zero-order valence-corrected chi connectivity index (χ0v) is 20.5. The highest BCUT2D eigenvalue weighted by molar-refractivity contribution is 5.94. The van der Waals surface area contributed by atoms with Crippen LogP contribution in [0.15, 0.2) is 12.5 Å². The fraction of sp³-hybridized carbons (Fsp3) is 0.696. The van der Waals surface area contributed by atoms with Crippen LogP contribution in [0.1, 0.15) is 58.1 Å².